The van der Waals surface area contributed by atoms with E-state index in [-0.39, 0.29) is 12.0 Å². The molecule has 29 heavy (non-hydrogen) atoms. The van der Waals surface area contributed by atoms with Crippen LogP contribution in [0.2, 0.25) is 0 Å². The van der Waals surface area contributed by atoms with E-state index in [0.717, 1.165) is 36.6 Å². The van der Waals surface area contributed by atoms with Gasteiger partial charge in [0.2, 0.25) is 0 Å². The van der Waals surface area contributed by atoms with Gasteiger partial charge in [0.1, 0.15) is 5.82 Å². The lowest BCUT2D eigenvalue weighted by Crippen LogP contribution is -2.56. The molecule has 7 nitrogen and oxygen atoms in total. The number of pyridine rings is 1. The third-order valence-electron chi connectivity index (χ3n) is 6.27. The zero-order chi connectivity index (χ0) is 21.0. The Labute approximate surface area is 174 Å². The minimum atomic E-state index is -0.408. The molecular formula is C22H37N5O2. The number of nitrogens with zero attached hydrogens (tertiary/aromatic N) is 2. The van der Waals surface area contributed by atoms with Crippen molar-refractivity contribution in [1.82, 2.24) is 15.6 Å². The Morgan fingerprint density at radius 2 is 2.00 bits per heavy atom. The van der Waals surface area contributed by atoms with E-state index in [9.17, 15) is 4.79 Å². The quantitative estimate of drug-likeness (QED) is 0.631. The fraction of sp³-hybridized carbons (Fsp3) is 0.727. The van der Waals surface area contributed by atoms with Gasteiger partial charge in [-0.3, -0.25) is 4.79 Å². The summed E-state index contributed by atoms with van der Waals surface area (Å²) in [5.41, 5.74) is 8.31. The van der Waals surface area contributed by atoms with E-state index in [4.69, 9.17) is 15.5 Å². The summed E-state index contributed by atoms with van der Waals surface area (Å²) in [6, 6.07) is 2.86. The van der Waals surface area contributed by atoms with E-state index in [0.29, 0.717) is 17.6 Å². The first kappa shape index (κ1) is 22.0. The number of aromatic nitrogens is 1. The molecule has 4 N–H and O–H groups in total. The highest BCUT2D eigenvalue weighted by molar-refractivity contribution is 5.99. The highest BCUT2D eigenvalue weighted by Gasteiger charge is 2.33. The van der Waals surface area contributed by atoms with Crippen LogP contribution in [0.4, 0.5) is 5.82 Å². The molecule has 1 saturated heterocycles. The van der Waals surface area contributed by atoms with Gasteiger partial charge in [-0.05, 0) is 51.7 Å². The van der Waals surface area contributed by atoms with Crippen LogP contribution in [0.25, 0.3) is 0 Å². The van der Waals surface area contributed by atoms with Crippen LogP contribution in [0.5, 0.6) is 0 Å². The van der Waals surface area contributed by atoms with Crippen LogP contribution in [0, 0.1) is 13.8 Å². The van der Waals surface area contributed by atoms with Crippen LogP contribution in [0.15, 0.2) is 6.07 Å². The van der Waals surface area contributed by atoms with Gasteiger partial charge < -0.3 is 26.0 Å². The second-order valence-corrected chi connectivity index (χ2v) is 8.64. The summed E-state index contributed by atoms with van der Waals surface area (Å²) in [5.74, 6) is 0.548. The maximum Gasteiger partial charge on any atom is 0.256 e. The molecule has 162 valence electrons. The second-order valence-electron chi connectivity index (χ2n) is 8.64. The zero-order valence-electron chi connectivity index (χ0n) is 18.3. The zero-order valence-corrected chi connectivity index (χ0v) is 18.3. The van der Waals surface area contributed by atoms with E-state index < -0.39 is 6.17 Å². The third-order valence-corrected chi connectivity index (χ3v) is 6.27. The summed E-state index contributed by atoms with van der Waals surface area (Å²) in [5, 5.41) is 6.65. The molecule has 1 aliphatic heterocycles. The van der Waals surface area contributed by atoms with Crippen LogP contribution in [-0.4, -0.2) is 55.4 Å². The molecule has 0 spiro atoms. The van der Waals surface area contributed by atoms with Gasteiger partial charge >= 0.3 is 0 Å². The Morgan fingerprint density at radius 3 is 2.66 bits per heavy atom. The molecule has 2 unspecified atom stereocenters. The fourth-order valence-electron chi connectivity index (χ4n) is 4.50. The summed E-state index contributed by atoms with van der Waals surface area (Å²) < 4.78 is 5.86. The molecule has 0 aromatic carbocycles. The van der Waals surface area contributed by atoms with Gasteiger partial charge in [-0.2, -0.15) is 0 Å². The number of piperidine rings is 1. The van der Waals surface area contributed by atoms with Gasteiger partial charge in [-0.1, -0.05) is 19.3 Å². The highest BCUT2D eigenvalue weighted by Crippen LogP contribution is 2.27. The van der Waals surface area contributed by atoms with E-state index in [1.165, 1.54) is 32.1 Å². The number of carbonyl (C=O) groups is 1. The topological polar surface area (TPSA) is 92.5 Å². The monoisotopic (exact) mass is 403 g/mol. The number of nitrogens with one attached hydrogen (secondary N) is 2. The fourth-order valence-corrected chi connectivity index (χ4v) is 4.50. The van der Waals surface area contributed by atoms with Crippen molar-refractivity contribution < 1.29 is 9.53 Å². The molecule has 0 bridgehead atoms. The lowest BCUT2D eigenvalue weighted by Gasteiger charge is -2.41. The van der Waals surface area contributed by atoms with Crippen molar-refractivity contribution in [3.05, 3.63) is 22.9 Å². The van der Waals surface area contributed by atoms with Gasteiger partial charge in [-0.15, -0.1) is 0 Å². The number of methoxy groups -OCH3 is 1. The van der Waals surface area contributed by atoms with E-state index in [1.807, 2.05) is 19.9 Å². The first-order valence-corrected chi connectivity index (χ1v) is 11.0. The lowest BCUT2D eigenvalue weighted by atomic mass is 9.92. The first-order valence-electron chi connectivity index (χ1n) is 11.0. The van der Waals surface area contributed by atoms with Crippen molar-refractivity contribution >= 4 is 11.7 Å². The largest absolute Gasteiger partial charge is 0.378 e. The van der Waals surface area contributed by atoms with Crippen LogP contribution < -0.4 is 21.3 Å². The summed E-state index contributed by atoms with van der Waals surface area (Å²) in [6.45, 7) is 7.28. The lowest BCUT2D eigenvalue weighted by molar-refractivity contribution is 0.0533. The molecule has 3 atom stereocenters. The molecule has 1 aliphatic carbocycles. The number of hydrogen-bond donors (Lipinski definition) is 3. The van der Waals surface area contributed by atoms with Gasteiger partial charge in [0, 0.05) is 38.0 Å². The number of anilines is 1. The van der Waals surface area contributed by atoms with Crippen molar-refractivity contribution in [3.8, 4) is 0 Å². The average molecular weight is 404 g/mol. The van der Waals surface area contributed by atoms with Crippen molar-refractivity contribution in [1.29, 1.82) is 0 Å². The van der Waals surface area contributed by atoms with Gasteiger partial charge in [0.15, 0.2) is 0 Å². The summed E-state index contributed by atoms with van der Waals surface area (Å²) >= 11 is 0. The van der Waals surface area contributed by atoms with Crippen molar-refractivity contribution in [2.75, 3.05) is 25.1 Å². The molecule has 2 heterocycles. The van der Waals surface area contributed by atoms with E-state index in [2.05, 4.69) is 15.5 Å². The van der Waals surface area contributed by atoms with Gasteiger partial charge in [0.25, 0.3) is 5.91 Å². The smallest absolute Gasteiger partial charge is 0.256 e. The number of amides is 1. The van der Waals surface area contributed by atoms with E-state index in [1.54, 1.807) is 14.0 Å². The van der Waals surface area contributed by atoms with Crippen LogP contribution in [0.3, 0.4) is 0 Å². The molecule has 2 fully saturated rings. The van der Waals surface area contributed by atoms with Crippen molar-refractivity contribution in [3.63, 3.8) is 0 Å². The minimum Gasteiger partial charge on any atom is -0.378 e. The normalized spacial score (nSPS) is 24.4. The summed E-state index contributed by atoms with van der Waals surface area (Å²) in [4.78, 5) is 19.7. The molecule has 7 heteroatoms. The van der Waals surface area contributed by atoms with E-state index >= 15 is 0 Å². The second kappa shape index (κ2) is 9.87. The van der Waals surface area contributed by atoms with Crippen LogP contribution >= 0.6 is 0 Å². The maximum atomic E-state index is 12.8. The molecule has 1 aromatic rings. The van der Waals surface area contributed by atoms with Crippen LogP contribution in [-0.2, 0) is 4.74 Å². The number of carbonyl (C=O) groups excluding carboxylic acids is 1. The number of ether oxygens (including phenoxy) is 1. The highest BCUT2D eigenvalue weighted by atomic mass is 16.5. The SMILES string of the molecule is CO[C@H]1CN(c2nc(C)c(C)cc2C(=O)NC(C)N)CCC1NC1CCCCC1. The Kier molecular flexibility index (Phi) is 7.49. The molecule has 0 radical (unpaired) electrons. The first-order chi connectivity index (χ1) is 13.9. The third kappa shape index (κ3) is 5.47. The predicted molar refractivity (Wildman–Crippen MR) is 116 cm³/mol. The number of aryl methyl sites for hydroxylation is 2. The summed E-state index contributed by atoms with van der Waals surface area (Å²) in [6.07, 6.45) is 7.14. The number of rotatable bonds is 6. The molecule has 1 aromatic heterocycles. The molecule has 1 amide bonds. The molecule has 2 aliphatic rings. The summed E-state index contributed by atoms with van der Waals surface area (Å²) in [7, 11) is 1.78. The Bertz CT molecular complexity index is 703. The molecule has 3 rings (SSSR count). The Hall–Kier alpha value is -1.70. The predicted octanol–water partition coefficient (Wildman–Crippen LogP) is 2.25. The van der Waals surface area contributed by atoms with Crippen molar-refractivity contribution in [2.24, 2.45) is 5.73 Å². The molecular weight excluding hydrogens is 366 g/mol. The Balaban J connectivity index is 1.77. The average Bonchev–Trinajstić information content (AvgIpc) is 2.70. The number of hydrogen-bond acceptors (Lipinski definition) is 6. The minimum absolute atomic E-state index is 0.0680. The standard InChI is InChI=1S/C22H37N5O2/c1-14-12-18(22(28)25-16(3)23)21(24-15(14)2)27-11-10-19(20(13-27)29-4)26-17-8-6-5-7-9-17/h12,16-17,19-20,26H,5-11,13,23H2,1-4H3,(H,25,28)/t16?,19?,20-/m0/s1. The van der Waals surface area contributed by atoms with Crippen LogP contribution in [0.1, 0.15) is 67.1 Å². The van der Waals surface area contributed by atoms with Gasteiger partial charge in [0.05, 0.1) is 17.8 Å². The molecule has 1 saturated carbocycles. The maximum absolute atomic E-state index is 12.8. The van der Waals surface area contributed by atoms with Gasteiger partial charge in [-0.25, -0.2) is 4.98 Å². The Morgan fingerprint density at radius 1 is 1.28 bits per heavy atom. The van der Waals surface area contributed by atoms with Crippen molar-refractivity contribution in [2.45, 2.75) is 83.6 Å². The number of nitrogens with two attached hydrogens (primary N) is 1.